The summed E-state index contributed by atoms with van der Waals surface area (Å²) in [4.78, 5) is 16.1. The van der Waals surface area contributed by atoms with Gasteiger partial charge in [-0.05, 0) is 32.4 Å². The minimum Gasteiger partial charge on any atom is -0.318 e. The molecule has 1 aromatic heterocycles. The lowest BCUT2D eigenvalue weighted by molar-refractivity contribution is -0.120. The quantitative estimate of drug-likeness (QED) is 0.858. The Morgan fingerprint density at radius 2 is 2.18 bits per heavy atom. The number of carbonyl (C=O) groups is 1. The van der Waals surface area contributed by atoms with E-state index in [2.05, 4.69) is 10.3 Å². The molecule has 0 unspecified atom stereocenters. The molecular formula is C12H15N3OS. The number of aromatic nitrogens is 1. The number of rotatable bonds is 2. The van der Waals surface area contributed by atoms with Crippen LogP contribution < -0.4 is 11.1 Å². The van der Waals surface area contributed by atoms with E-state index >= 15 is 0 Å². The summed E-state index contributed by atoms with van der Waals surface area (Å²) in [6.45, 7) is 5.34. The molecule has 0 bridgehead atoms. The molecule has 17 heavy (non-hydrogen) atoms. The van der Waals surface area contributed by atoms with Crippen molar-refractivity contribution in [2.75, 3.05) is 5.32 Å². The van der Waals surface area contributed by atoms with Gasteiger partial charge in [-0.15, -0.1) is 0 Å². The molecule has 1 heterocycles. The van der Waals surface area contributed by atoms with Gasteiger partial charge in [-0.2, -0.15) is 0 Å². The second kappa shape index (κ2) is 4.09. The van der Waals surface area contributed by atoms with E-state index in [-0.39, 0.29) is 5.91 Å². The Morgan fingerprint density at radius 3 is 2.76 bits per heavy atom. The zero-order valence-corrected chi connectivity index (χ0v) is 10.9. The molecule has 1 aromatic carbocycles. The van der Waals surface area contributed by atoms with E-state index < -0.39 is 5.54 Å². The van der Waals surface area contributed by atoms with Crippen molar-refractivity contribution in [1.82, 2.24) is 4.98 Å². The lowest BCUT2D eigenvalue weighted by Gasteiger charge is -2.16. The maximum absolute atomic E-state index is 11.7. The van der Waals surface area contributed by atoms with E-state index in [1.54, 1.807) is 13.8 Å². The molecule has 0 aliphatic heterocycles. The fourth-order valence-electron chi connectivity index (χ4n) is 1.40. The highest BCUT2D eigenvalue weighted by molar-refractivity contribution is 7.22. The van der Waals surface area contributed by atoms with Crippen molar-refractivity contribution in [1.29, 1.82) is 0 Å². The number of aryl methyl sites for hydroxylation is 1. The lowest BCUT2D eigenvalue weighted by Crippen LogP contribution is -2.45. The van der Waals surface area contributed by atoms with Crippen molar-refractivity contribution in [3.05, 3.63) is 23.8 Å². The Kier molecular flexibility index (Phi) is 2.89. The molecule has 0 fully saturated rings. The number of carbonyl (C=O) groups excluding carboxylic acids is 1. The number of anilines is 1. The van der Waals surface area contributed by atoms with E-state index in [0.717, 1.165) is 15.8 Å². The molecule has 4 nitrogen and oxygen atoms in total. The largest absolute Gasteiger partial charge is 0.318 e. The monoisotopic (exact) mass is 249 g/mol. The third kappa shape index (κ3) is 2.45. The molecule has 2 rings (SSSR count). The van der Waals surface area contributed by atoms with Gasteiger partial charge in [-0.1, -0.05) is 23.5 Å². The number of hydrogen-bond donors (Lipinski definition) is 2. The van der Waals surface area contributed by atoms with E-state index in [0.29, 0.717) is 5.13 Å². The Bertz CT molecular complexity index is 569. The third-order valence-electron chi connectivity index (χ3n) is 2.43. The molecule has 2 aromatic rings. The lowest BCUT2D eigenvalue weighted by atomic mass is 10.1. The Morgan fingerprint density at radius 1 is 1.47 bits per heavy atom. The molecule has 90 valence electrons. The van der Waals surface area contributed by atoms with E-state index in [1.165, 1.54) is 11.3 Å². The zero-order valence-electron chi connectivity index (χ0n) is 10.1. The van der Waals surface area contributed by atoms with Gasteiger partial charge in [0.25, 0.3) is 0 Å². The first-order valence-corrected chi connectivity index (χ1v) is 6.16. The van der Waals surface area contributed by atoms with Crippen LogP contribution in [0.4, 0.5) is 5.13 Å². The molecule has 0 radical (unpaired) electrons. The predicted octanol–water partition coefficient (Wildman–Crippen LogP) is 2.28. The van der Waals surface area contributed by atoms with Crippen molar-refractivity contribution in [2.45, 2.75) is 26.3 Å². The van der Waals surface area contributed by atoms with Crippen LogP contribution >= 0.6 is 11.3 Å². The molecule has 0 aliphatic carbocycles. The summed E-state index contributed by atoms with van der Waals surface area (Å²) >= 11 is 1.46. The SMILES string of the molecule is Cc1cccc2sc(NC(=O)C(C)(C)N)nc12. The normalized spacial score (nSPS) is 11.8. The fourth-order valence-corrected chi connectivity index (χ4v) is 2.34. The highest BCUT2D eigenvalue weighted by Gasteiger charge is 2.22. The summed E-state index contributed by atoms with van der Waals surface area (Å²) in [5.41, 5.74) is 6.86. The van der Waals surface area contributed by atoms with Gasteiger partial charge < -0.3 is 11.1 Å². The number of nitrogens with two attached hydrogens (primary N) is 1. The van der Waals surface area contributed by atoms with Gasteiger partial charge in [-0.3, -0.25) is 4.79 Å². The number of nitrogens with one attached hydrogen (secondary N) is 1. The first-order chi connectivity index (χ1) is 7.88. The van der Waals surface area contributed by atoms with Crippen LogP contribution in [0.25, 0.3) is 10.2 Å². The van der Waals surface area contributed by atoms with Crippen molar-refractivity contribution in [3.8, 4) is 0 Å². The van der Waals surface area contributed by atoms with Crippen LogP contribution in [0.2, 0.25) is 0 Å². The first-order valence-electron chi connectivity index (χ1n) is 5.34. The molecule has 0 atom stereocenters. The van der Waals surface area contributed by atoms with Gasteiger partial charge >= 0.3 is 0 Å². The van der Waals surface area contributed by atoms with Gasteiger partial charge in [-0.25, -0.2) is 4.98 Å². The van der Waals surface area contributed by atoms with Crippen LogP contribution in [0.3, 0.4) is 0 Å². The average molecular weight is 249 g/mol. The molecule has 1 amide bonds. The van der Waals surface area contributed by atoms with E-state index in [4.69, 9.17) is 5.73 Å². The average Bonchev–Trinajstić information content (AvgIpc) is 2.60. The number of thiazole rings is 1. The highest BCUT2D eigenvalue weighted by atomic mass is 32.1. The van der Waals surface area contributed by atoms with Crippen molar-refractivity contribution in [2.24, 2.45) is 5.73 Å². The summed E-state index contributed by atoms with van der Waals surface area (Å²) in [6, 6.07) is 5.97. The Balaban J connectivity index is 2.32. The van der Waals surface area contributed by atoms with Gasteiger partial charge in [0.15, 0.2) is 5.13 Å². The fraction of sp³-hybridized carbons (Fsp3) is 0.333. The smallest absolute Gasteiger partial charge is 0.245 e. The van der Waals surface area contributed by atoms with Crippen molar-refractivity contribution >= 4 is 32.6 Å². The first kappa shape index (κ1) is 12.0. The van der Waals surface area contributed by atoms with Crippen LogP contribution in [0.15, 0.2) is 18.2 Å². The molecular weight excluding hydrogens is 234 g/mol. The summed E-state index contributed by atoms with van der Waals surface area (Å²) in [7, 11) is 0. The van der Waals surface area contributed by atoms with Gasteiger partial charge in [0.2, 0.25) is 5.91 Å². The van der Waals surface area contributed by atoms with Crippen molar-refractivity contribution < 1.29 is 4.79 Å². The topological polar surface area (TPSA) is 68.0 Å². The molecule has 0 saturated carbocycles. The summed E-state index contributed by atoms with van der Waals surface area (Å²) in [5.74, 6) is -0.228. The second-order valence-corrected chi connectivity index (χ2v) is 5.65. The van der Waals surface area contributed by atoms with Crippen LogP contribution in [0.5, 0.6) is 0 Å². The molecule has 5 heteroatoms. The Hall–Kier alpha value is -1.46. The molecule has 0 aliphatic rings. The molecule has 0 saturated heterocycles. The highest BCUT2D eigenvalue weighted by Crippen LogP contribution is 2.28. The Labute approximate surface area is 104 Å². The van der Waals surface area contributed by atoms with E-state index in [1.807, 2.05) is 25.1 Å². The molecule has 3 N–H and O–H groups in total. The maximum atomic E-state index is 11.7. The number of fused-ring (bicyclic) bond motifs is 1. The van der Waals surface area contributed by atoms with Crippen molar-refractivity contribution in [3.63, 3.8) is 0 Å². The summed E-state index contributed by atoms with van der Waals surface area (Å²) in [5, 5.41) is 3.34. The van der Waals surface area contributed by atoms with Crippen LogP contribution in [-0.4, -0.2) is 16.4 Å². The number of hydrogen-bond acceptors (Lipinski definition) is 4. The minimum atomic E-state index is -0.896. The van der Waals surface area contributed by atoms with Crippen LogP contribution in [-0.2, 0) is 4.79 Å². The minimum absolute atomic E-state index is 0.228. The third-order valence-corrected chi connectivity index (χ3v) is 3.36. The van der Waals surface area contributed by atoms with E-state index in [9.17, 15) is 4.79 Å². The van der Waals surface area contributed by atoms with Crippen LogP contribution in [0.1, 0.15) is 19.4 Å². The summed E-state index contributed by atoms with van der Waals surface area (Å²) in [6.07, 6.45) is 0. The van der Waals surface area contributed by atoms with Gasteiger partial charge in [0, 0.05) is 0 Å². The standard InChI is InChI=1S/C12H15N3OS/c1-7-5-4-6-8-9(7)14-11(17-8)15-10(16)12(2,3)13/h4-6H,13H2,1-3H3,(H,14,15,16). The number of benzene rings is 1. The maximum Gasteiger partial charge on any atom is 0.245 e. The summed E-state index contributed by atoms with van der Waals surface area (Å²) < 4.78 is 1.06. The predicted molar refractivity (Wildman–Crippen MR) is 71.3 cm³/mol. The van der Waals surface area contributed by atoms with Gasteiger partial charge in [0.1, 0.15) is 0 Å². The number of amides is 1. The number of para-hydroxylation sites is 1. The second-order valence-electron chi connectivity index (χ2n) is 4.62. The zero-order chi connectivity index (χ0) is 12.6. The van der Waals surface area contributed by atoms with Gasteiger partial charge in [0.05, 0.1) is 15.8 Å². The number of nitrogens with zero attached hydrogens (tertiary/aromatic N) is 1. The van der Waals surface area contributed by atoms with Crippen LogP contribution in [0, 0.1) is 6.92 Å². The molecule has 0 spiro atoms.